The van der Waals surface area contributed by atoms with Crippen LogP contribution < -0.4 is 21.9 Å². The summed E-state index contributed by atoms with van der Waals surface area (Å²) in [6, 6.07) is -0.732. The fourth-order valence-electron chi connectivity index (χ4n) is 2.44. The van der Waals surface area contributed by atoms with E-state index >= 15 is 0 Å². The third kappa shape index (κ3) is 6.18. The fourth-order valence-corrected chi connectivity index (χ4v) is 2.44. The number of nitrogens with zero attached hydrogens (tertiary/aromatic N) is 2. The van der Waals surface area contributed by atoms with E-state index in [1.165, 1.54) is 4.90 Å². The molecule has 1 aromatic rings. The molecule has 1 atom stereocenters. The molecule has 2 rings (SSSR count). The van der Waals surface area contributed by atoms with Gasteiger partial charge in [-0.2, -0.15) is 13.2 Å². The maximum atomic E-state index is 13.2. The third-order valence-corrected chi connectivity index (χ3v) is 3.67. The van der Waals surface area contributed by atoms with Crippen LogP contribution in [0.1, 0.15) is 0 Å². The van der Waals surface area contributed by atoms with E-state index in [4.69, 9.17) is 0 Å². The lowest BCUT2D eigenvalue weighted by Crippen LogP contribution is -2.57. The van der Waals surface area contributed by atoms with Crippen LogP contribution in [0.25, 0.3) is 0 Å². The molecule has 1 aromatic heterocycles. The van der Waals surface area contributed by atoms with E-state index in [9.17, 15) is 27.6 Å². The second kappa shape index (κ2) is 9.02. The van der Waals surface area contributed by atoms with Crippen molar-refractivity contribution < 1.29 is 18.0 Å². The highest BCUT2D eigenvalue weighted by Gasteiger charge is 2.43. The molecule has 0 saturated carbocycles. The second-order valence-corrected chi connectivity index (χ2v) is 5.39. The van der Waals surface area contributed by atoms with E-state index in [0.29, 0.717) is 13.1 Å². The molecule has 1 unspecified atom stereocenters. The number of amides is 1. The highest BCUT2D eigenvalue weighted by atomic mass is 35.5. The summed E-state index contributed by atoms with van der Waals surface area (Å²) >= 11 is 0. The van der Waals surface area contributed by atoms with Gasteiger partial charge in [0.25, 0.3) is 5.56 Å². The lowest BCUT2D eigenvalue weighted by Gasteiger charge is -2.35. The molecule has 8 nitrogen and oxygen atoms in total. The number of aromatic nitrogens is 2. The van der Waals surface area contributed by atoms with Crippen LogP contribution in [0, 0.1) is 0 Å². The van der Waals surface area contributed by atoms with Crippen LogP contribution in [-0.4, -0.2) is 65.3 Å². The predicted molar refractivity (Wildman–Crippen MR) is 85.9 cm³/mol. The number of alkyl halides is 3. The van der Waals surface area contributed by atoms with Crippen molar-refractivity contribution in [2.24, 2.45) is 0 Å². The van der Waals surface area contributed by atoms with Gasteiger partial charge in [-0.05, 0) is 0 Å². The van der Waals surface area contributed by atoms with Crippen molar-refractivity contribution in [3.8, 4) is 0 Å². The Morgan fingerprint density at radius 2 is 1.92 bits per heavy atom. The van der Waals surface area contributed by atoms with Crippen LogP contribution in [0.2, 0.25) is 0 Å². The van der Waals surface area contributed by atoms with Crippen molar-refractivity contribution in [3.05, 3.63) is 33.1 Å². The Kier molecular flexibility index (Phi) is 7.64. The van der Waals surface area contributed by atoms with Crippen molar-refractivity contribution in [3.63, 3.8) is 0 Å². The Hall–Kier alpha value is -1.85. The summed E-state index contributed by atoms with van der Waals surface area (Å²) in [5, 5.41) is 5.17. The van der Waals surface area contributed by atoms with Gasteiger partial charge in [0.1, 0.15) is 12.6 Å². The zero-order valence-electron chi connectivity index (χ0n) is 13.1. The largest absolute Gasteiger partial charge is 0.405 e. The minimum atomic E-state index is -4.47. The quantitative estimate of drug-likeness (QED) is 0.598. The van der Waals surface area contributed by atoms with Gasteiger partial charge >= 0.3 is 11.9 Å². The molecule has 0 radical (unpaired) electrons. The third-order valence-electron chi connectivity index (χ3n) is 3.67. The maximum absolute atomic E-state index is 13.2. The van der Waals surface area contributed by atoms with Gasteiger partial charge in [0.05, 0.1) is 0 Å². The van der Waals surface area contributed by atoms with E-state index < -0.39 is 42.5 Å². The molecule has 0 aromatic carbocycles. The summed E-state index contributed by atoms with van der Waals surface area (Å²) in [6.07, 6.45) is -3.36. The van der Waals surface area contributed by atoms with Gasteiger partial charge in [-0.1, -0.05) is 0 Å². The van der Waals surface area contributed by atoms with Gasteiger partial charge < -0.3 is 10.6 Å². The zero-order valence-corrected chi connectivity index (χ0v) is 14.0. The van der Waals surface area contributed by atoms with Crippen LogP contribution >= 0.6 is 12.4 Å². The molecule has 1 aliphatic heterocycles. The molecule has 0 bridgehead atoms. The average Bonchev–Trinajstić information content (AvgIpc) is 2.50. The Balaban J connectivity index is 0.00000312. The number of carbonyl (C=O) groups excluding carboxylic acids is 1. The first-order valence-corrected chi connectivity index (χ1v) is 7.35. The molecule has 25 heavy (non-hydrogen) atoms. The van der Waals surface area contributed by atoms with E-state index in [1.807, 2.05) is 4.98 Å². The minimum Gasteiger partial charge on any atom is -0.353 e. The molecule has 2 heterocycles. The summed E-state index contributed by atoms with van der Waals surface area (Å²) in [7, 11) is 0. The number of H-pyrrole nitrogens is 1. The lowest BCUT2D eigenvalue weighted by molar-refractivity contribution is -0.184. The van der Waals surface area contributed by atoms with Gasteiger partial charge in [0.2, 0.25) is 5.91 Å². The normalized spacial score (nSPS) is 16.8. The molecule has 1 saturated heterocycles. The van der Waals surface area contributed by atoms with Crippen LogP contribution in [0.4, 0.5) is 13.2 Å². The van der Waals surface area contributed by atoms with Crippen LogP contribution in [0.5, 0.6) is 0 Å². The van der Waals surface area contributed by atoms with Crippen LogP contribution in [-0.2, 0) is 11.3 Å². The van der Waals surface area contributed by atoms with E-state index in [-0.39, 0.29) is 25.5 Å². The lowest BCUT2D eigenvalue weighted by atomic mass is 10.2. The van der Waals surface area contributed by atoms with Crippen LogP contribution in [0.15, 0.2) is 21.9 Å². The molecule has 0 spiro atoms. The number of halogens is 4. The van der Waals surface area contributed by atoms with Crippen LogP contribution in [0.3, 0.4) is 0 Å². The summed E-state index contributed by atoms with van der Waals surface area (Å²) in [5.41, 5.74) is -1.42. The Labute approximate surface area is 146 Å². The molecular weight excluding hydrogens is 367 g/mol. The number of aromatic amines is 1. The Morgan fingerprint density at radius 1 is 1.28 bits per heavy atom. The highest BCUT2D eigenvalue weighted by Crippen LogP contribution is 2.24. The van der Waals surface area contributed by atoms with Gasteiger partial charge in [0.15, 0.2) is 0 Å². The van der Waals surface area contributed by atoms with Crippen molar-refractivity contribution in [1.29, 1.82) is 0 Å². The summed E-state index contributed by atoms with van der Waals surface area (Å²) < 4.78 is 40.5. The number of carbonyl (C=O) groups is 1. The first-order valence-electron chi connectivity index (χ1n) is 7.35. The molecule has 12 heteroatoms. The fraction of sp³-hybridized carbons (Fsp3) is 0.615. The number of hydrogen-bond acceptors (Lipinski definition) is 5. The number of nitrogens with one attached hydrogen (secondary N) is 3. The number of rotatable bonds is 5. The summed E-state index contributed by atoms with van der Waals surface area (Å²) in [4.78, 5) is 37.4. The van der Waals surface area contributed by atoms with Crippen molar-refractivity contribution in [1.82, 2.24) is 25.1 Å². The predicted octanol–water partition coefficient (Wildman–Crippen LogP) is -1.09. The maximum Gasteiger partial charge on any atom is 0.405 e. The van der Waals surface area contributed by atoms with Gasteiger partial charge in [-0.25, -0.2) is 4.79 Å². The van der Waals surface area contributed by atoms with E-state index in [1.54, 1.807) is 0 Å². The van der Waals surface area contributed by atoms with Gasteiger partial charge in [-0.15, -0.1) is 12.4 Å². The van der Waals surface area contributed by atoms with E-state index in [2.05, 4.69) is 10.6 Å². The van der Waals surface area contributed by atoms with Gasteiger partial charge in [0, 0.05) is 45.0 Å². The Morgan fingerprint density at radius 3 is 2.48 bits per heavy atom. The molecule has 1 fully saturated rings. The molecule has 1 aliphatic rings. The molecular formula is C13H19ClF3N5O3. The van der Waals surface area contributed by atoms with Crippen molar-refractivity contribution in [2.45, 2.75) is 18.8 Å². The number of piperazine rings is 1. The molecule has 0 aliphatic carbocycles. The van der Waals surface area contributed by atoms with Gasteiger partial charge in [-0.3, -0.25) is 24.0 Å². The second-order valence-electron chi connectivity index (χ2n) is 5.39. The summed E-state index contributed by atoms with van der Waals surface area (Å²) in [5.74, 6) is -0.742. The monoisotopic (exact) mass is 385 g/mol. The standard InChI is InChI=1S/C13H18F3N5O3.ClH/c14-13(15,16)9(20-5-2-17-3-6-20)7-18-11(23)8-21-4-1-10(22)19-12(21)24;/h1,4,9,17H,2-3,5-8H2,(H,18,23)(H,19,22,24);1H. The molecule has 142 valence electrons. The smallest absolute Gasteiger partial charge is 0.353 e. The Bertz CT molecular complexity index is 684. The van der Waals surface area contributed by atoms with Crippen molar-refractivity contribution in [2.75, 3.05) is 32.7 Å². The highest BCUT2D eigenvalue weighted by molar-refractivity contribution is 5.85. The first-order chi connectivity index (χ1) is 11.3. The topological polar surface area (TPSA) is 99.2 Å². The van der Waals surface area contributed by atoms with E-state index in [0.717, 1.165) is 16.8 Å². The zero-order chi connectivity index (χ0) is 17.7. The minimum absolute atomic E-state index is 0. The molecule has 3 N–H and O–H groups in total. The van der Waals surface area contributed by atoms with Crippen molar-refractivity contribution >= 4 is 18.3 Å². The molecule has 1 amide bonds. The number of hydrogen-bond donors (Lipinski definition) is 3. The SMILES string of the molecule is Cl.O=C(Cn1ccc(=O)[nH]c1=O)NCC(N1CCNCC1)C(F)(F)F. The first kappa shape index (κ1) is 21.2. The summed E-state index contributed by atoms with van der Waals surface area (Å²) in [6.45, 7) is 0.307. The average molecular weight is 386 g/mol.